The number of methoxy groups -OCH3 is 1. The van der Waals surface area contributed by atoms with Gasteiger partial charge in [-0.15, -0.1) is 0 Å². The molecule has 0 radical (unpaired) electrons. The first-order chi connectivity index (χ1) is 8.17. The van der Waals surface area contributed by atoms with Crippen molar-refractivity contribution in [2.24, 2.45) is 5.73 Å². The molecule has 0 saturated heterocycles. The number of ether oxygens (including phenoxy) is 3. The maximum Gasteiger partial charge on any atom is 0.231 e. The molecule has 0 aliphatic carbocycles. The lowest BCUT2D eigenvalue weighted by Gasteiger charge is -2.15. The van der Waals surface area contributed by atoms with Gasteiger partial charge in [-0.25, -0.2) is 0 Å². The molecule has 3 N–H and O–H groups in total. The molecule has 0 spiro atoms. The Morgan fingerprint density at radius 2 is 2.29 bits per heavy atom. The van der Waals surface area contributed by atoms with Crippen molar-refractivity contribution in [2.45, 2.75) is 19.4 Å². The van der Waals surface area contributed by atoms with E-state index in [2.05, 4.69) is 0 Å². The first kappa shape index (κ1) is 12.0. The van der Waals surface area contributed by atoms with Gasteiger partial charge in [-0.05, 0) is 25.0 Å². The second kappa shape index (κ2) is 4.81. The predicted molar refractivity (Wildman–Crippen MR) is 62.6 cm³/mol. The summed E-state index contributed by atoms with van der Waals surface area (Å²) in [5.74, 6) is 2.18. The van der Waals surface area contributed by atoms with Gasteiger partial charge < -0.3 is 25.1 Å². The highest BCUT2D eigenvalue weighted by Gasteiger charge is 2.23. The normalized spacial score (nSPS) is 14.8. The maximum atomic E-state index is 9.00. The highest BCUT2D eigenvalue weighted by molar-refractivity contribution is 5.58. The zero-order valence-corrected chi connectivity index (χ0v) is 10.0. The van der Waals surface area contributed by atoms with Gasteiger partial charge in [0.2, 0.25) is 6.79 Å². The number of aliphatic hydroxyl groups excluding tert-OH is 1. The molecule has 1 aromatic carbocycles. The molecule has 0 saturated carbocycles. The zero-order chi connectivity index (χ0) is 12.4. The van der Waals surface area contributed by atoms with Gasteiger partial charge >= 0.3 is 0 Å². The van der Waals surface area contributed by atoms with Crippen LogP contribution in [0.4, 0.5) is 0 Å². The van der Waals surface area contributed by atoms with E-state index in [4.69, 9.17) is 25.1 Å². The minimum absolute atomic E-state index is 0.0589. The predicted octanol–water partition coefficient (Wildman–Crippen LogP) is 0.594. The topological polar surface area (TPSA) is 73.9 Å². The summed E-state index contributed by atoms with van der Waals surface area (Å²) in [4.78, 5) is 0. The third-order valence-electron chi connectivity index (χ3n) is 2.84. The van der Waals surface area contributed by atoms with Crippen LogP contribution < -0.4 is 19.9 Å². The lowest BCUT2D eigenvalue weighted by atomic mass is 10.0. The lowest BCUT2D eigenvalue weighted by Crippen LogP contribution is -2.27. The van der Waals surface area contributed by atoms with Gasteiger partial charge in [-0.2, -0.15) is 0 Å². The van der Waals surface area contributed by atoms with Crippen molar-refractivity contribution in [3.8, 4) is 17.2 Å². The fourth-order valence-electron chi connectivity index (χ4n) is 2.04. The largest absolute Gasteiger partial charge is 0.496 e. The van der Waals surface area contributed by atoms with Crippen molar-refractivity contribution < 1.29 is 19.3 Å². The lowest BCUT2D eigenvalue weighted by molar-refractivity contribution is 0.173. The molecule has 1 heterocycles. The number of hydrogen-bond acceptors (Lipinski definition) is 5. The molecular weight excluding hydrogens is 222 g/mol. The van der Waals surface area contributed by atoms with E-state index in [9.17, 15) is 0 Å². The van der Waals surface area contributed by atoms with Gasteiger partial charge in [0.05, 0.1) is 13.7 Å². The second-order valence-corrected chi connectivity index (χ2v) is 4.07. The van der Waals surface area contributed by atoms with Crippen LogP contribution in [0, 0.1) is 6.92 Å². The van der Waals surface area contributed by atoms with Gasteiger partial charge in [0.15, 0.2) is 11.5 Å². The molecule has 5 nitrogen and oxygen atoms in total. The van der Waals surface area contributed by atoms with E-state index in [0.29, 0.717) is 12.2 Å². The van der Waals surface area contributed by atoms with E-state index < -0.39 is 0 Å². The average molecular weight is 239 g/mol. The molecule has 0 bridgehead atoms. The van der Waals surface area contributed by atoms with E-state index >= 15 is 0 Å². The minimum Gasteiger partial charge on any atom is -0.496 e. The highest BCUT2D eigenvalue weighted by Crippen LogP contribution is 2.42. The van der Waals surface area contributed by atoms with Crippen LogP contribution in [0.5, 0.6) is 17.2 Å². The molecule has 0 aromatic heterocycles. The third-order valence-corrected chi connectivity index (χ3v) is 2.84. The van der Waals surface area contributed by atoms with Gasteiger partial charge in [0.1, 0.15) is 5.75 Å². The molecule has 1 aliphatic rings. The summed E-state index contributed by atoms with van der Waals surface area (Å²) < 4.78 is 16.1. The van der Waals surface area contributed by atoms with Gasteiger partial charge in [-0.3, -0.25) is 0 Å². The number of rotatable bonds is 4. The van der Waals surface area contributed by atoms with Crippen LogP contribution >= 0.6 is 0 Å². The number of aliphatic hydroxyl groups is 1. The van der Waals surface area contributed by atoms with Gasteiger partial charge in [-0.1, -0.05) is 0 Å². The number of benzene rings is 1. The van der Waals surface area contributed by atoms with E-state index in [-0.39, 0.29) is 19.4 Å². The summed E-state index contributed by atoms with van der Waals surface area (Å²) in [5.41, 5.74) is 7.58. The molecule has 0 fully saturated rings. The zero-order valence-electron chi connectivity index (χ0n) is 10.0. The summed E-state index contributed by atoms with van der Waals surface area (Å²) in [7, 11) is 1.61. The van der Waals surface area contributed by atoms with Crippen molar-refractivity contribution in [1.82, 2.24) is 0 Å². The van der Waals surface area contributed by atoms with Gasteiger partial charge in [0, 0.05) is 11.6 Å². The van der Waals surface area contributed by atoms with Crippen LogP contribution in [-0.2, 0) is 6.42 Å². The molecule has 1 aliphatic heterocycles. The molecule has 0 amide bonds. The summed E-state index contributed by atoms with van der Waals surface area (Å²) in [6.45, 7) is 2.09. The Kier molecular flexibility index (Phi) is 3.40. The van der Waals surface area contributed by atoms with E-state index in [1.54, 1.807) is 7.11 Å². The van der Waals surface area contributed by atoms with E-state index in [1.807, 2.05) is 13.0 Å². The molecule has 17 heavy (non-hydrogen) atoms. The Labute approximate surface area is 100 Å². The Hall–Kier alpha value is -1.46. The van der Waals surface area contributed by atoms with E-state index in [1.165, 1.54) is 0 Å². The Balaban J connectivity index is 2.40. The summed E-state index contributed by atoms with van der Waals surface area (Å²) in [6.07, 6.45) is 0.539. The van der Waals surface area contributed by atoms with E-state index in [0.717, 1.165) is 22.6 Å². The minimum atomic E-state index is -0.302. The van der Waals surface area contributed by atoms with Crippen molar-refractivity contribution in [2.75, 3.05) is 20.5 Å². The molecule has 2 rings (SSSR count). The maximum absolute atomic E-state index is 9.00. The summed E-state index contributed by atoms with van der Waals surface area (Å²) >= 11 is 0. The molecular formula is C12H17NO4. The quantitative estimate of drug-likeness (QED) is 0.804. The monoisotopic (exact) mass is 239 g/mol. The fraction of sp³-hybridized carbons (Fsp3) is 0.500. The van der Waals surface area contributed by atoms with Gasteiger partial charge in [0.25, 0.3) is 0 Å². The second-order valence-electron chi connectivity index (χ2n) is 4.07. The standard InChI is InChI=1S/C12H17NO4/c1-7-11(15-2)8(3-9(13)5-14)4-10-12(7)17-6-16-10/h4,9,14H,3,5-6,13H2,1-2H3. The number of fused-ring (bicyclic) bond motifs is 1. The Morgan fingerprint density at radius 3 is 2.94 bits per heavy atom. The van der Waals surface area contributed by atoms with Crippen LogP contribution in [0.1, 0.15) is 11.1 Å². The van der Waals surface area contributed by atoms with Crippen LogP contribution in [0.3, 0.4) is 0 Å². The molecule has 94 valence electrons. The molecule has 5 heteroatoms. The summed E-state index contributed by atoms with van der Waals surface area (Å²) in [6, 6.07) is 1.56. The average Bonchev–Trinajstić information content (AvgIpc) is 2.77. The van der Waals surface area contributed by atoms with Crippen molar-refractivity contribution in [3.63, 3.8) is 0 Å². The van der Waals surface area contributed by atoms with Crippen LogP contribution in [0.2, 0.25) is 0 Å². The van der Waals surface area contributed by atoms with Crippen LogP contribution in [0.15, 0.2) is 6.07 Å². The highest BCUT2D eigenvalue weighted by atomic mass is 16.7. The SMILES string of the molecule is COc1c(CC(N)CO)cc2c(c1C)OCO2. The Bertz CT molecular complexity index is 419. The van der Waals surface area contributed by atoms with Crippen molar-refractivity contribution in [1.29, 1.82) is 0 Å². The number of nitrogens with two attached hydrogens (primary N) is 1. The molecule has 1 atom stereocenters. The van der Waals surface area contributed by atoms with Crippen LogP contribution in [-0.4, -0.2) is 31.7 Å². The molecule has 1 aromatic rings. The first-order valence-electron chi connectivity index (χ1n) is 5.49. The van der Waals surface area contributed by atoms with Crippen molar-refractivity contribution >= 4 is 0 Å². The Morgan fingerprint density at radius 1 is 1.53 bits per heavy atom. The van der Waals surface area contributed by atoms with Crippen LogP contribution in [0.25, 0.3) is 0 Å². The fourth-order valence-corrected chi connectivity index (χ4v) is 2.04. The smallest absolute Gasteiger partial charge is 0.231 e. The third kappa shape index (κ3) is 2.16. The number of hydrogen-bond donors (Lipinski definition) is 2. The first-order valence-corrected chi connectivity index (χ1v) is 5.49. The van der Waals surface area contributed by atoms with Crippen molar-refractivity contribution in [3.05, 3.63) is 17.2 Å². The summed E-state index contributed by atoms with van der Waals surface area (Å²) in [5, 5.41) is 9.00. The molecule has 1 unspecified atom stereocenters.